The van der Waals surface area contributed by atoms with Gasteiger partial charge in [0.1, 0.15) is 0 Å². The summed E-state index contributed by atoms with van der Waals surface area (Å²) in [5, 5.41) is 17.7. The number of benzene rings is 2. The van der Waals surface area contributed by atoms with Crippen LogP contribution < -0.4 is 15.4 Å². The molecule has 0 bridgehead atoms. The smallest absolute Gasteiger partial charge is 0.191 e. The zero-order valence-electron chi connectivity index (χ0n) is 17.4. The molecule has 3 rings (SSSR count). The second-order valence-corrected chi connectivity index (χ2v) is 7.01. The lowest BCUT2D eigenvalue weighted by Crippen LogP contribution is -2.38. The molecule has 4 N–H and O–H groups in total. The molecule has 3 aromatic rings. The number of nitrogens with zero attached hydrogens (tertiary/aromatic N) is 1. The molecule has 0 radical (unpaired) electrons. The molecular formula is C23H30N4O2. The Morgan fingerprint density at radius 3 is 2.83 bits per heavy atom. The fraction of sp³-hybridized carbons (Fsp3) is 0.348. The first-order chi connectivity index (χ1) is 14.1. The minimum Gasteiger partial charge on any atom is -0.504 e. The van der Waals surface area contributed by atoms with Crippen LogP contribution in [0.1, 0.15) is 23.6 Å². The van der Waals surface area contributed by atoms with Crippen molar-refractivity contribution < 1.29 is 9.84 Å². The van der Waals surface area contributed by atoms with E-state index >= 15 is 0 Å². The van der Waals surface area contributed by atoms with Gasteiger partial charge < -0.3 is 25.5 Å². The molecule has 29 heavy (non-hydrogen) atoms. The van der Waals surface area contributed by atoms with E-state index in [0.717, 1.165) is 37.5 Å². The maximum Gasteiger partial charge on any atom is 0.191 e. The van der Waals surface area contributed by atoms with E-state index in [-0.39, 0.29) is 5.75 Å². The van der Waals surface area contributed by atoms with Crippen molar-refractivity contribution in [2.24, 2.45) is 4.99 Å². The summed E-state index contributed by atoms with van der Waals surface area (Å²) in [6.07, 6.45) is 3.78. The van der Waals surface area contributed by atoms with Gasteiger partial charge in [0, 0.05) is 36.7 Å². The standard InChI is InChI=1S/C23H30N4O2/c1-4-24-23(25-12-10-17-8-9-20(28)21(14-17)29-3)26-13-11-18-15-27-19-7-5-6-16(2)22(18)19/h5-9,14-15,27-28H,4,10-13H2,1-3H3,(H2,24,25,26). The number of aliphatic imine (C=N–C) groups is 1. The number of aromatic hydroxyl groups is 1. The Morgan fingerprint density at radius 1 is 1.17 bits per heavy atom. The minimum atomic E-state index is 0.159. The number of ether oxygens (including phenoxy) is 1. The number of phenolic OH excluding ortho intramolecular Hbond substituents is 1. The van der Waals surface area contributed by atoms with Crippen LogP contribution in [-0.2, 0) is 12.8 Å². The highest BCUT2D eigenvalue weighted by Gasteiger charge is 2.06. The van der Waals surface area contributed by atoms with E-state index in [1.807, 2.05) is 12.1 Å². The second-order valence-electron chi connectivity index (χ2n) is 7.01. The van der Waals surface area contributed by atoms with Crippen molar-refractivity contribution in [2.45, 2.75) is 26.7 Å². The van der Waals surface area contributed by atoms with Crippen LogP contribution in [0, 0.1) is 6.92 Å². The number of aromatic amines is 1. The van der Waals surface area contributed by atoms with Gasteiger partial charge in [-0.1, -0.05) is 18.2 Å². The van der Waals surface area contributed by atoms with Crippen LogP contribution in [0.5, 0.6) is 11.5 Å². The Bertz CT molecular complexity index is 978. The van der Waals surface area contributed by atoms with Crippen LogP contribution in [0.15, 0.2) is 47.6 Å². The van der Waals surface area contributed by atoms with Gasteiger partial charge in [-0.15, -0.1) is 0 Å². The van der Waals surface area contributed by atoms with Gasteiger partial charge in [-0.3, -0.25) is 4.99 Å². The molecule has 0 saturated heterocycles. The Morgan fingerprint density at radius 2 is 2.03 bits per heavy atom. The molecule has 0 fully saturated rings. The molecule has 6 heteroatoms. The highest BCUT2D eigenvalue weighted by atomic mass is 16.5. The van der Waals surface area contributed by atoms with Gasteiger partial charge in [0.25, 0.3) is 0 Å². The lowest BCUT2D eigenvalue weighted by atomic mass is 10.1. The average molecular weight is 395 g/mol. The average Bonchev–Trinajstić information content (AvgIpc) is 3.13. The molecule has 1 aromatic heterocycles. The fourth-order valence-electron chi connectivity index (χ4n) is 3.48. The van der Waals surface area contributed by atoms with Gasteiger partial charge in [0.2, 0.25) is 0 Å². The highest BCUT2D eigenvalue weighted by Crippen LogP contribution is 2.26. The molecule has 0 unspecified atom stereocenters. The number of hydrogen-bond acceptors (Lipinski definition) is 3. The maximum absolute atomic E-state index is 9.71. The van der Waals surface area contributed by atoms with Crippen molar-refractivity contribution in [2.75, 3.05) is 26.7 Å². The third-order valence-corrected chi connectivity index (χ3v) is 4.94. The summed E-state index contributed by atoms with van der Waals surface area (Å²) in [7, 11) is 1.56. The van der Waals surface area contributed by atoms with E-state index in [9.17, 15) is 5.11 Å². The van der Waals surface area contributed by atoms with Gasteiger partial charge in [-0.2, -0.15) is 0 Å². The summed E-state index contributed by atoms with van der Waals surface area (Å²) in [6, 6.07) is 11.8. The topological polar surface area (TPSA) is 81.7 Å². The molecule has 0 amide bonds. The summed E-state index contributed by atoms with van der Waals surface area (Å²) >= 11 is 0. The van der Waals surface area contributed by atoms with Crippen LogP contribution in [0.2, 0.25) is 0 Å². The summed E-state index contributed by atoms with van der Waals surface area (Å²) in [6.45, 7) is 6.47. The predicted molar refractivity (Wildman–Crippen MR) is 119 cm³/mol. The maximum atomic E-state index is 9.71. The monoisotopic (exact) mass is 394 g/mol. The normalized spacial score (nSPS) is 11.6. The number of hydrogen-bond donors (Lipinski definition) is 4. The van der Waals surface area contributed by atoms with Crippen LogP contribution in [0.25, 0.3) is 10.9 Å². The molecule has 0 aliphatic carbocycles. The number of aryl methyl sites for hydroxylation is 1. The van der Waals surface area contributed by atoms with Crippen molar-refractivity contribution in [3.8, 4) is 11.5 Å². The Hall–Kier alpha value is -3.15. The van der Waals surface area contributed by atoms with Crippen molar-refractivity contribution >= 4 is 16.9 Å². The number of guanidine groups is 1. The van der Waals surface area contributed by atoms with Gasteiger partial charge in [-0.25, -0.2) is 0 Å². The SMILES string of the molecule is CCNC(=NCCc1c[nH]c2cccc(C)c12)NCCc1ccc(O)c(OC)c1. The second kappa shape index (κ2) is 9.87. The van der Waals surface area contributed by atoms with Crippen molar-refractivity contribution in [1.82, 2.24) is 15.6 Å². The number of methoxy groups -OCH3 is 1. The number of nitrogens with one attached hydrogen (secondary N) is 3. The molecule has 0 aliphatic rings. The van der Waals surface area contributed by atoms with Crippen LogP contribution >= 0.6 is 0 Å². The zero-order chi connectivity index (χ0) is 20.6. The molecule has 1 heterocycles. The summed E-state index contributed by atoms with van der Waals surface area (Å²) < 4.78 is 5.17. The number of aromatic nitrogens is 1. The van der Waals surface area contributed by atoms with E-state index in [2.05, 4.69) is 53.9 Å². The molecule has 0 atom stereocenters. The third kappa shape index (κ3) is 5.22. The number of phenols is 1. The molecule has 0 saturated carbocycles. The van der Waals surface area contributed by atoms with E-state index in [1.165, 1.54) is 22.0 Å². The number of fused-ring (bicyclic) bond motifs is 1. The van der Waals surface area contributed by atoms with Crippen molar-refractivity contribution in [3.63, 3.8) is 0 Å². The van der Waals surface area contributed by atoms with Gasteiger partial charge in [0.15, 0.2) is 17.5 Å². The number of H-pyrrole nitrogens is 1. The summed E-state index contributed by atoms with van der Waals surface area (Å²) in [5.41, 5.74) is 4.86. The fourth-order valence-corrected chi connectivity index (χ4v) is 3.48. The van der Waals surface area contributed by atoms with E-state index < -0.39 is 0 Å². The van der Waals surface area contributed by atoms with E-state index in [4.69, 9.17) is 9.73 Å². The molecule has 0 spiro atoms. The van der Waals surface area contributed by atoms with Gasteiger partial charge in [-0.05, 0) is 61.6 Å². The van der Waals surface area contributed by atoms with Gasteiger partial charge in [0.05, 0.1) is 7.11 Å². The van der Waals surface area contributed by atoms with Crippen LogP contribution in [0.3, 0.4) is 0 Å². The number of rotatable bonds is 8. The Labute approximate surface area is 172 Å². The lowest BCUT2D eigenvalue weighted by molar-refractivity contribution is 0.373. The molecule has 6 nitrogen and oxygen atoms in total. The Balaban J connectivity index is 1.57. The van der Waals surface area contributed by atoms with Crippen molar-refractivity contribution in [3.05, 3.63) is 59.3 Å². The van der Waals surface area contributed by atoms with Crippen molar-refractivity contribution in [1.29, 1.82) is 0 Å². The third-order valence-electron chi connectivity index (χ3n) is 4.94. The first-order valence-electron chi connectivity index (χ1n) is 10.1. The molecule has 2 aromatic carbocycles. The van der Waals surface area contributed by atoms with E-state index in [1.54, 1.807) is 13.2 Å². The molecular weight excluding hydrogens is 364 g/mol. The van der Waals surface area contributed by atoms with Gasteiger partial charge >= 0.3 is 0 Å². The van der Waals surface area contributed by atoms with Crippen LogP contribution in [0.4, 0.5) is 0 Å². The minimum absolute atomic E-state index is 0.159. The largest absolute Gasteiger partial charge is 0.504 e. The first kappa shape index (κ1) is 20.6. The van der Waals surface area contributed by atoms with E-state index in [0.29, 0.717) is 12.3 Å². The summed E-state index contributed by atoms with van der Waals surface area (Å²) in [4.78, 5) is 8.07. The van der Waals surface area contributed by atoms with Crippen LogP contribution in [-0.4, -0.2) is 42.8 Å². The zero-order valence-corrected chi connectivity index (χ0v) is 17.4. The molecule has 0 aliphatic heterocycles. The molecule has 154 valence electrons. The first-order valence-corrected chi connectivity index (χ1v) is 10.1. The predicted octanol–water partition coefficient (Wildman–Crippen LogP) is 3.53. The highest BCUT2D eigenvalue weighted by molar-refractivity contribution is 5.86. The quantitative estimate of drug-likeness (QED) is 0.348. The summed E-state index contributed by atoms with van der Waals surface area (Å²) in [5.74, 6) is 1.47. The lowest BCUT2D eigenvalue weighted by Gasteiger charge is -2.12. The Kier molecular flexibility index (Phi) is 7.00.